The predicted octanol–water partition coefficient (Wildman–Crippen LogP) is 4.62. The third-order valence-corrected chi connectivity index (χ3v) is 8.40. The summed E-state index contributed by atoms with van der Waals surface area (Å²) in [5.41, 5.74) is 5.04. The highest BCUT2D eigenvalue weighted by atomic mass is 32.1. The van der Waals surface area contributed by atoms with E-state index >= 15 is 0 Å². The minimum atomic E-state index is -0.819. The molecule has 3 heterocycles. The van der Waals surface area contributed by atoms with E-state index in [0.717, 1.165) is 28.4 Å². The third kappa shape index (κ3) is 5.38. The van der Waals surface area contributed by atoms with Gasteiger partial charge in [-0.25, -0.2) is 9.79 Å². The molecule has 0 N–H and O–H groups in total. The van der Waals surface area contributed by atoms with E-state index in [1.54, 1.807) is 38.7 Å². The predicted molar refractivity (Wildman–Crippen MR) is 166 cm³/mol. The maximum Gasteiger partial charge on any atom is 0.338 e. The lowest BCUT2D eigenvalue weighted by atomic mass is 9.94. The largest absolute Gasteiger partial charge is 0.497 e. The number of fused-ring (bicyclic) bond motifs is 1. The maximum absolute atomic E-state index is 14.2. The first-order chi connectivity index (χ1) is 20.7. The van der Waals surface area contributed by atoms with Crippen molar-refractivity contribution in [3.63, 3.8) is 0 Å². The number of carbonyl (C=O) groups excluding carboxylic acids is 1. The molecule has 1 aliphatic heterocycles. The first-order valence-electron chi connectivity index (χ1n) is 14.1. The number of esters is 1. The minimum Gasteiger partial charge on any atom is -0.497 e. The van der Waals surface area contributed by atoms with Crippen LogP contribution in [0.25, 0.3) is 11.8 Å². The zero-order valence-corrected chi connectivity index (χ0v) is 26.2. The number of ether oxygens (including phenoxy) is 4. The molecule has 9 nitrogen and oxygen atoms in total. The molecule has 10 heteroatoms. The molecular formula is C33H35N3O6S. The lowest BCUT2D eigenvalue weighted by Gasteiger charge is -2.26. The van der Waals surface area contributed by atoms with Gasteiger partial charge in [0.25, 0.3) is 5.56 Å². The number of rotatable bonds is 9. The number of carbonyl (C=O) groups is 1. The standard InChI is InChI=1S/C33H35N3O6S/c1-8-41-30-25(11-10-12-26(30)40-7)29-28(32(38)42-9-2)20(4)34-33-36(29)31(37)27(43-33)18-22-17-19(3)35(21(22)5)23-13-15-24(39-6)16-14-23/h10-18,29H,8-9H2,1-7H3/b27-18+/t29-/m0/s1. The Morgan fingerprint density at radius 3 is 2.42 bits per heavy atom. The third-order valence-electron chi connectivity index (χ3n) is 7.42. The summed E-state index contributed by atoms with van der Waals surface area (Å²) < 4.78 is 26.6. The molecule has 0 saturated carbocycles. The highest BCUT2D eigenvalue weighted by molar-refractivity contribution is 7.07. The van der Waals surface area contributed by atoms with Crippen molar-refractivity contribution in [3.8, 4) is 22.9 Å². The van der Waals surface area contributed by atoms with Gasteiger partial charge in [0.1, 0.15) is 11.8 Å². The molecule has 43 heavy (non-hydrogen) atoms. The molecule has 0 aliphatic carbocycles. The van der Waals surface area contributed by atoms with Crippen LogP contribution in [-0.4, -0.2) is 42.5 Å². The van der Waals surface area contributed by atoms with Crippen molar-refractivity contribution < 1.29 is 23.7 Å². The molecule has 0 saturated heterocycles. The van der Waals surface area contributed by atoms with Crippen molar-refractivity contribution in [1.29, 1.82) is 0 Å². The van der Waals surface area contributed by atoms with Gasteiger partial charge in [0.15, 0.2) is 16.3 Å². The van der Waals surface area contributed by atoms with E-state index in [9.17, 15) is 9.59 Å². The Balaban J connectivity index is 1.72. The van der Waals surface area contributed by atoms with Crippen LogP contribution in [0, 0.1) is 13.8 Å². The fourth-order valence-electron chi connectivity index (χ4n) is 5.50. The number of aryl methyl sites for hydroxylation is 1. The summed E-state index contributed by atoms with van der Waals surface area (Å²) in [5, 5.41) is 0. The molecule has 5 rings (SSSR count). The zero-order valence-electron chi connectivity index (χ0n) is 25.4. The summed E-state index contributed by atoms with van der Waals surface area (Å²) in [6, 6.07) is 14.5. The fraction of sp³-hybridized carbons (Fsp3) is 0.303. The van der Waals surface area contributed by atoms with Gasteiger partial charge in [-0.15, -0.1) is 0 Å². The number of para-hydroxylation sites is 1. The SMILES string of the molecule is CCOC(=O)C1=C(C)N=c2s/c(=C/c3cc(C)n(-c4ccc(OC)cc4)c3C)c(=O)n2[C@H]1c1cccc(OC)c1OCC. The molecule has 0 bridgehead atoms. The van der Waals surface area contributed by atoms with Gasteiger partial charge in [-0.3, -0.25) is 9.36 Å². The number of methoxy groups -OCH3 is 2. The molecule has 0 amide bonds. The second-order valence-corrected chi connectivity index (χ2v) is 11.0. The van der Waals surface area contributed by atoms with Gasteiger partial charge in [0.2, 0.25) is 0 Å². The maximum atomic E-state index is 14.2. The Labute approximate surface area is 253 Å². The molecule has 0 radical (unpaired) electrons. The van der Waals surface area contributed by atoms with Gasteiger partial charge in [-0.2, -0.15) is 0 Å². The molecule has 2 aromatic carbocycles. The van der Waals surface area contributed by atoms with Crippen molar-refractivity contribution in [3.05, 3.63) is 102 Å². The minimum absolute atomic E-state index is 0.187. The molecule has 0 spiro atoms. The summed E-state index contributed by atoms with van der Waals surface area (Å²) in [4.78, 5) is 32.8. The Bertz CT molecular complexity index is 1900. The number of benzene rings is 2. The Hall–Kier alpha value is -4.57. The normalized spacial score (nSPS) is 14.8. The monoisotopic (exact) mass is 601 g/mol. The van der Waals surface area contributed by atoms with E-state index in [1.165, 1.54) is 11.3 Å². The van der Waals surface area contributed by atoms with Crippen LogP contribution in [0.15, 0.2) is 69.6 Å². The molecule has 1 atom stereocenters. The lowest BCUT2D eigenvalue weighted by Crippen LogP contribution is -2.40. The topological polar surface area (TPSA) is 93.3 Å². The Morgan fingerprint density at radius 2 is 1.77 bits per heavy atom. The fourth-order valence-corrected chi connectivity index (χ4v) is 6.53. The zero-order chi connectivity index (χ0) is 30.8. The van der Waals surface area contributed by atoms with E-state index < -0.39 is 12.0 Å². The first-order valence-corrected chi connectivity index (χ1v) is 14.9. The molecule has 224 valence electrons. The number of hydrogen-bond donors (Lipinski definition) is 0. The van der Waals surface area contributed by atoms with Crippen LogP contribution in [0.4, 0.5) is 0 Å². The van der Waals surface area contributed by atoms with E-state index in [4.69, 9.17) is 23.9 Å². The van der Waals surface area contributed by atoms with E-state index in [1.807, 2.05) is 63.2 Å². The number of thiazole rings is 1. The Morgan fingerprint density at radius 1 is 1.02 bits per heavy atom. The van der Waals surface area contributed by atoms with Crippen molar-refractivity contribution in [2.45, 2.75) is 40.7 Å². The van der Waals surface area contributed by atoms with Crippen LogP contribution in [0.3, 0.4) is 0 Å². The average molecular weight is 602 g/mol. The molecule has 0 unspecified atom stereocenters. The average Bonchev–Trinajstić information content (AvgIpc) is 3.46. The molecular weight excluding hydrogens is 566 g/mol. The molecule has 1 aliphatic rings. The van der Waals surface area contributed by atoms with E-state index in [2.05, 4.69) is 10.6 Å². The second-order valence-electron chi connectivity index (χ2n) is 9.97. The highest BCUT2D eigenvalue weighted by Crippen LogP contribution is 2.40. The summed E-state index contributed by atoms with van der Waals surface area (Å²) in [7, 11) is 3.20. The summed E-state index contributed by atoms with van der Waals surface area (Å²) in [5.74, 6) is 1.22. The van der Waals surface area contributed by atoms with Crippen molar-refractivity contribution in [2.75, 3.05) is 27.4 Å². The quantitative estimate of drug-likeness (QED) is 0.260. The van der Waals surface area contributed by atoms with Crippen LogP contribution < -0.4 is 29.1 Å². The molecule has 2 aromatic heterocycles. The van der Waals surface area contributed by atoms with Crippen molar-refractivity contribution >= 4 is 23.4 Å². The summed E-state index contributed by atoms with van der Waals surface area (Å²) in [6.07, 6.45) is 1.89. The first kappa shape index (κ1) is 29.9. The van der Waals surface area contributed by atoms with E-state index in [0.29, 0.717) is 38.7 Å². The lowest BCUT2D eigenvalue weighted by molar-refractivity contribution is -0.139. The smallest absolute Gasteiger partial charge is 0.338 e. The molecule has 0 fully saturated rings. The number of aromatic nitrogens is 2. The van der Waals surface area contributed by atoms with Gasteiger partial charge in [-0.1, -0.05) is 23.5 Å². The summed E-state index contributed by atoms with van der Waals surface area (Å²) >= 11 is 1.28. The van der Waals surface area contributed by atoms with Crippen LogP contribution in [0.2, 0.25) is 0 Å². The highest BCUT2D eigenvalue weighted by Gasteiger charge is 2.36. The van der Waals surface area contributed by atoms with Gasteiger partial charge in [0, 0.05) is 22.6 Å². The van der Waals surface area contributed by atoms with Crippen LogP contribution >= 0.6 is 11.3 Å². The Kier molecular flexibility index (Phi) is 8.59. The summed E-state index contributed by atoms with van der Waals surface area (Å²) in [6.45, 7) is 10.00. The van der Waals surface area contributed by atoms with E-state index in [-0.39, 0.29) is 17.7 Å². The van der Waals surface area contributed by atoms with Gasteiger partial charge in [-0.05, 0) is 82.7 Å². The van der Waals surface area contributed by atoms with Crippen molar-refractivity contribution in [1.82, 2.24) is 9.13 Å². The van der Waals surface area contributed by atoms with Crippen LogP contribution in [0.1, 0.15) is 49.3 Å². The number of allylic oxidation sites excluding steroid dienone is 1. The van der Waals surface area contributed by atoms with Gasteiger partial charge in [0.05, 0.1) is 43.2 Å². The molecule has 4 aromatic rings. The number of nitrogens with zero attached hydrogens (tertiary/aromatic N) is 3. The van der Waals surface area contributed by atoms with Gasteiger partial charge >= 0.3 is 5.97 Å². The number of hydrogen-bond acceptors (Lipinski definition) is 8. The van der Waals surface area contributed by atoms with Crippen molar-refractivity contribution in [2.24, 2.45) is 4.99 Å². The second kappa shape index (κ2) is 12.3. The van der Waals surface area contributed by atoms with Crippen LogP contribution in [0.5, 0.6) is 17.2 Å². The van der Waals surface area contributed by atoms with Crippen LogP contribution in [-0.2, 0) is 9.53 Å². The van der Waals surface area contributed by atoms with Gasteiger partial charge < -0.3 is 23.5 Å².